The molecule has 236 valence electrons. The number of fused-ring (bicyclic) bond motifs is 6. The van der Waals surface area contributed by atoms with Gasteiger partial charge in [0.05, 0.1) is 0 Å². The Labute approximate surface area is 248 Å². The normalized spacial score (nSPS) is 30.6. The van der Waals surface area contributed by atoms with Crippen molar-refractivity contribution in [1.82, 2.24) is 0 Å². The van der Waals surface area contributed by atoms with Crippen molar-refractivity contribution in [3.8, 4) is 5.75 Å². The fourth-order valence-corrected chi connectivity index (χ4v) is 10.3. The summed E-state index contributed by atoms with van der Waals surface area (Å²) in [6.07, 6.45) is 5.66. The molecule has 3 nitrogen and oxygen atoms in total. The van der Waals surface area contributed by atoms with Gasteiger partial charge in [-0.1, -0.05) is 45.1 Å². The van der Waals surface area contributed by atoms with Crippen molar-refractivity contribution in [2.24, 2.45) is 28.6 Å². The highest BCUT2D eigenvalue weighted by molar-refractivity contribution is 7.84. The molecule has 0 aliphatic heterocycles. The maximum atomic E-state index is 13.2. The third kappa shape index (κ3) is 6.06. The number of hydrogen-bond acceptors (Lipinski definition) is 3. The number of carbonyl (C=O) groups is 1. The number of phenolic OH excluding ortho intramolecular Hbond substituents is 1. The highest BCUT2D eigenvalue weighted by Gasteiger charge is 2.71. The number of aromatic hydroxyl groups is 1. The smallest absolute Gasteiger partial charge is 0.453 e. The van der Waals surface area contributed by atoms with Crippen LogP contribution >= 0.6 is 0 Å². The molecule has 1 aromatic carbocycles. The van der Waals surface area contributed by atoms with E-state index in [9.17, 15) is 36.1 Å². The second-order valence-corrected chi connectivity index (χ2v) is 15.6. The van der Waals surface area contributed by atoms with E-state index >= 15 is 0 Å². The number of unbranched alkanes of at least 4 members (excludes halogenated alkanes) is 5. The number of Topliss-reactive ketones (excluding diaryl/α,β-unsaturated/α-hetero) is 1. The van der Waals surface area contributed by atoms with Crippen molar-refractivity contribution in [3.63, 3.8) is 0 Å². The van der Waals surface area contributed by atoms with Gasteiger partial charge in [0.2, 0.25) is 0 Å². The molecule has 0 aromatic heterocycles. The summed E-state index contributed by atoms with van der Waals surface area (Å²) in [6.45, 7) is 2.40. The molecule has 4 aliphatic carbocycles. The first-order chi connectivity index (χ1) is 19.8. The van der Waals surface area contributed by atoms with Crippen LogP contribution < -0.4 is 0 Å². The maximum Gasteiger partial charge on any atom is 0.453 e. The topological polar surface area (TPSA) is 54.4 Å². The summed E-state index contributed by atoms with van der Waals surface area (Å²) < 4.78 is 74.8. The number of phenols is 1. The number of ketones is 1. The minimum Gasteiger partial charge on any atom is -0.508 e. The highest BCUT2D eigenvalue weighted by atomic mass is 32.2. The lowest BCUT2D eigenvalue weighted by Gasteiger charge is -2.53. The molecule has 1 spiro atoms. The minimum atomic E-state index is -5.55. The predicted molar refractivity (Wildman–Crippen MR) is 154 cm³/mol. The number of rotatable bonds is 13. The van der Waals surface area contributed by atoms with Gasteiger partial charge < -0.3 is 5.11 Å². The molecule has 42 heavy (non-hydrogen) atoms. The molecule has 0 heterocycles. The maximum absolute atomic E-state index is 13.2. The van der Waals surface area contributed by atoms with Crippen molar-refractivity contribution < 1.29 is 36.1 Å². The minimum absolute atomic E-state index is 0.0553. The molecular formula is C33H45F5O3S. The number of alkyl halides is 5. The van der Waals surface area contributed by atoms with Crippen LogP contribution in [-0.2, 0) is 22.0 Å². The van der Waals surface area contributed by atoms with Gasteiger partial charge in [-0.2, -0.15) is 22.0 Å². The Balaban J connectivity index is 1.07. The molecule has 3 fully saturated rings. The molecule has 0 amide bonds. The number of hydrogen-bond donors (Lipinski definition) is 1. The van der Waals surface area contributed by atoms with Gasteiger partial charge in [0.25, 0.3) is 0 Å². The predicted octanol–water partition coefficient (Wildman–Crippen LogP) is 8.89. The molecule has 1 aromatic rings. The monoisotopic (exact) mass is 616 g/mol. The van der Waals surface area contributed by atoms with Crippen LogP contribution in [0.1, 0.15) is 114 Å². The Morgan fingerprint density at radius 2 is 1.60 bits per heavy atom. The highest BCUT2D eigenvalue weighted by Crippen LogP contribution is 2.75. The molecule has 0 bridgehead atoms. The van der Waals surface area contributed by atoms with Gasteiger partial charge in [0.1, 0.15) is 11.5 Å². The van der Waals surface area contributed by atoms with Crippen LogP contribution in [0, 0.1) is 28.6 Å². The third-order valence-electron chi connectivity index (χ3n) is 11.5. The van der Waals surface area contributed by atoms with Crippen LogP contribution in [0.25, 0.3) is 0 Å². The van der Waals surface area contributed by atoms with Crippen molar-refractivity contribution in [1.29, 1.82) is 0 Å². The summed E-state index contributed by atoms with van der Waals surface area (Å²) in [5.41, 5.74) is 2.72. The van der Waals surface area contributed by atoms with Crippen LogP contribution in [-0.4, -0.2) is 38.7 Å². The zero-order valence-electron chi connectivity index (χ0n) is 24.6. The molecule has 4 unspecified atom stereocenters. The average Bonchev–Trinajstić information content (AvgIpc) is 3.70. The van der Waals surface area contributed by atoms with E-state index in [0.29, 0.717) is 47.4 Å². The van der Waals surface area contributed by atoms with Gasteiger partial charge >= 0.3 is 12.1 Å². The lowest BCUT2D eigenvalue weighted by atomic mass is 9.50. The van der Waals surface area contributed by atoms with Crippen molar-refractivity contribution in [2.75, 3.05) is 11.5 Å². The van der Waals surface area contributed by atoms with Crippen LogP contribution in [0.3, 0.4) is 0 Å². The SMILES string of the molecule is C[C@]12CCC3c4ccc(O)cc4C[C@@H](CCCCCCCCS(=O)CCCC(F)(F)C(F)(F)F)C3C1CC(=O)C21CC1. The summed E-state index contributed by atoms with van der Waals surface area (Å²) in [5, 5.41) is 10.2. The third-order valence-corrected chi connectivity index (χ3v) is 13.0. The first-order valence-electron chi connectivity index (χ1n) is 15.9. The zero-order chi connectivity index (χ0) is 30.3. The van der Waals surface area contributed by atoms with Gasteiger partial charge in [0.15, 0.2) is 0 Å². The van der Waals surface area contributed by atoms with E-state index in [1.807, 2.05) is 12.1 Å². The van der Waals surface area contributed by atoms with Gasteiger partial charge in [-0.15, -0.1) is 0 Å². The molecular weight excluding hydrogens is 571 g/mol. The first-order valence-corrected chi connectivity index (χ1v) is 17.4. The van der Waals surface area contributed by atoms with Crippen molar-refractivity contribution in [2.45, 2.75) is 121 Å². The zero-order valence-corrected chi connectivity index (χ0v) is 25.4. The van der Waals surface area contributed by atoms with E-state index in [1.165, 1.54) is 11.1 Å². The van der Waals surface area contributed by atoms with Crippen LogP contribution in [0.15, 0.2) is 18.2 Å². The van der Waals surface area contributed by atoms with E-state index in [4.69, 9.17) is 0 Å². The Morgan fingerprint density at radius 1 is 0.929 bits per heavy atom. The summed E-state index contributed by atoms with van der Waals surface area (Å²) in [6, 6.07) is 5.88. The van der Waals surface area contributed by atoms with Crippen molar-refractivity contribution in [3.05, 3.63) is 29.3 Å². The average molecular weight is 617 g/mol. The summed E-state index contributed by atoms with van der Waals surface area (Å²) in [5.74, 6) is -1.76. The van der Waals surface area contributed by atoms with E-state index in [0.717, 1.165) is 77.0 Å². The molecule has 3 saturated carbocycles. The second kappa shape index (κ2) is 12.1. The number of benzene rings is 1. The van der Waals surface area contributed by atoms with Crippen molar-refractivity contribution >= 4 is 16.6 Å². The van der Waals surface area contributed by atoms with Gasteiger partial charge in [-0.25, -0.2) is 0 Å². The first kappa shape index (κ1) is 31.9. The summed E-state index contributed by atoms with van der Waals surface area (Å²) >= 11 is 0. The Morgan fingerprint density at radius 3 is 2.29 bits per heavy atom. The van der Waals surface area contributed by atoms with Gasteiger partial charge in [-0.05, 0) is 104 Å². The molecule has 4 aliphatic rings. The van der Waals surface area contributed by atoms with Gasteiger partial charge in [0, 0.05) is 40.6 Å². The molecule has 5 rings (SSSR count). The largest absolute Gasteiger partial charge is 0.508 e. The van der Waals surface area contributed by atoms with Crippen LogP contribution in [0.4, 0.5) is 22.0 Å². The lowest BCUT2D eigenvalue weighted by molar-refractivity contribution is -0.284. The molecule has 0 radical (unpaired) electrons. The Bertz CT molecular complexity index is 1160. The molecule has 9 heteroatoms. The number of carbonyl (C=O) groups excluding carboxylic acids is 1. The fraction of sp³-hybridized carbons (Fsp3) is 0.788. The standard InChI is InChI=1S/C33H45F5O3S/c1-30-14-12-26-25-11-10-24(39)20-23(25)19-22(29(26)27(30)21-28(40)31(30)15-16-31)9-6-4-2-3-5-7-17-42(41)18-8-13-32(34,35)33(36,37)38/h10-11,20,22,26-27,29,39H,2-9,12-19,21H2,1H3/t22-,26?,27?,29?,30+,42?/m1/s1. The quantitative estimate of drug-likeness (QED) is 0.178. The summed E-state index contributed by atoms with van der Waals surface area (Å²) in [4.78, 5) is 13.2. The van der Waals surface area contributed by atoms with E-state index in [2.05, 4.69) is 13.0 Å². The second-order valence-electron chi connectivity index (χ2n) is 13.9. The summed E-state index contributed by atoms with van der Waals surface area (Å²) in [7, 11) is -1.37. The lowest BCUT2D eigenvalue weighted by Crippen LogP contribution is -2.46. The molecule has 0 saturated heterocycles. The fourth-order valence-electron chi connectivity index (χ4n) is 9.12. The molecule has 1 N–H and O–H groups in total. The Kier molecular flexibility index (Phi) is 9.20. The van der Waals surface area contributed by atoms with Crippen LogP contribution in [0.2, 0.25) is 0 Å². The van der Waals surface area contributed by atoms with E-state index in [-0.39, 0.29) is 16.6 Å². The van der Waals surface area contributed by atoms with E-state index < -0.39 is 35.7 Å². The molecule has 6 atom stereocenters. The Hall–Kier alpha value is -1.51. The van der Waals surface area contributed by atoms with E-state index in [1.54, 1.807) is 0 Å². The van der Waals surface area contributed by atoms with Crippen LogP contribution in [0.5, 0.6) is 5.75 Å². The van der Waals surface area contributed by atoms with Gasteiger partial charge in [-0.3, -0.25) is 9.00 Å². The number of halogens is 5.